The van der Waals surface area contributed by atoms with Crippen LogP contribution in [0.2, 0.25) is 5.02 Å². The highest BCUT2D eigenvalue weighted by Gasteiger charge is 2.55. The molecular formula is C18H18ClF3N2O4S. The largest absolute Gasteiger partial charge is 0.426 e. The molecule has 6 nitrogen and oxygen atoms in total. The van der Waals surface area contributed by atoms with Crippen LogP contribution in [0.25, 0.3) is 0 Å². The SMILES string of the molecule is Cc1ccccc1S(=O)(=O)N(C)c1ccc(NC(=O)C(C)(O)C(F)(F)F)c(Cl)c1. The summed E-state index contributed by atoms with van der Waals surface area (Å²) in [5.74, 6) is -1.72. The number of aliphatic hydroxyl groups is 1. The number of sulfonamides is 1. The van der Waals surface area contributed by atoms with Gasteiger partial charge < -0.3 is 10.4 Å². The van der Waals surface area contributed by atoms with Gasteiger partial charge in [-0.25, -0.2) is 8.42 Å². The molecule has 0 saturated heterocycles. The molecule has 29 heavy (non-hydrogen) atoms. The van der Waals surface area contributed by atoms with Gasteiger partial charge in [0.25, 0.3) is 15.9 Å². The molecule has 0 spiro atoms. The van der Waals surface area contributed by atoms with E-state index in [-0.39, 0.29) is 21.3 Å². The molecule has 0 radical (unpaired) electrons. The zero-order valence-corrected chi connectivity index (χ0v) is 17.2. The highest BCUT2D eigenvalue weighted by molar-refractivity contribution is 7.92. The molecule has 0 saturated carbocycles. The maximum absolute atomic E-state index is 12.8. The highest BCUT2D eigenvalue weighted by atomic mass is 35.5. The van der Waals surface area contributed by atoms with Gasteiger partial charge >= 0.3 is 6.18 Å². The number of nitrogens with zero attached hydrogens (tertiary/aromatic N) is 1. The average molecular weight is 451 g/mol. The number of alkyl halides is 3. The summed E-state index contributed by atoms with van der Waals surface area (Å²) in [6.07, 6.45) is -5.19. The van der Waals surface area contributed by atoms with Gasteiger partial charge in [0, 0.05) is 7.05 Å². The lowest BCUT2D eigenvalue weighted by atomic mass is 10.1. The molecule has 2 N–H and O–H groups in total. The van der Waals surface area contributed by atoms with Crippen molar-refractivity contribution in [2.75, 3.05) is 16.7 Å². The Kier molecular flexibility index (Phi) is 6.22. The summed E-state index contributed by atoms with van der Waals surface area (Å²) < 4.78 is 64.9. The minimum atomic E-state index is -5.19. The van der Waals surface area contributed by atoms with Crippen LogP contribution in [0.3, 0.4) is 0 Å². The third-order valence-electron chi connectivity index (χ3n) is 4.29. The molecule has 0 heterocycles. The van der Waals surface area contributed by atoms with Gasteiger partial charge in [-0.3, -0.25) is 9.10 Å². The molecule has 0 bridgehead atoms. The number of hydrogen-bond acceptors (Lipinski definition) is 4. The Bertz CT molecular complexity index is 1040. The van der Waals surface area contributed by atoms with E-state index in [0.717, 1.165) is 10.4 Å². The summed E-state index contributed by atoms with van der Waals surface area (Å²) in [5.41, 5.74) is -3.19. The average Bonchev–Trinajstić information content (AvgIpc) is 2.61. The minimum absolute atomic E-state index is 0.0808. The van der Waals surface area contributed by atoms with Crippen LogP contribution in [-0.2, 0) is 14.8 Å². The van der Waals surface area contributed by atoms with E-state index >= 15 is 0 Å². The topological polar surface area (TPSA) is 86.7 Å². The van der Waals surface area contributed by atoms with E-state index in [0.29, 0.717) is 12.5 Å². The quantitative estimate of drug-likeness (QED) is 0.726. The van der Waals surface area contributed by atoms with Gasteiger partial charge in [0.15, 0.2) is 0 Å². The number of anilines is 2. The monoisotopic (exact) mass is 450 g/mol. The summed E-state index contributed by atoms with van der Waals surface area (Å²) in [4.78, 5) is 11.9. The molecule has 0 aliphatic rings. The Morgan fingerprint density at radius 2 is 1.76 bits per heavy atom. The van der Waals surface area contributed by atoms with Gasteiger partial charge in [-0.05, 0) is 43.7 Å². The van der Waals surface area contributed by atoms with Crippen molar-refractivity contribution in [1.29, 1.82) is 0 Å². The number of rotatable bonds is 5. The zero-order valence-electron chi connectivity index (χ0n) is 15.6. The molecular weight excluding hydrogens is 433 g/mol. The Hall–Kier alpha value is -2.30. The van der Waals surface area contributed by atoms with Crippen molar-refractivity contribution in [3.63, 3.8) is 0 Å². The molecule has 0 fully saturated rings. The first-order valence-electron chi connectivity index (χ1n) is 8.14. The summed E-state index contributed by atoms with van der Waals surface area (Å²) in [5, 5.41) is 11.1. The lowest BCUT2D eigenvalue weighted by molar-refractivity contribution is -0.242. The zero-order chi connectivity index (χ0) is 22.2. The number of carbonyl (C=O) groups excluding carboxylic acids is 1. The van der Waals surface area contributed by atoms with E-state index < -0.39 is 27.7 Å². The van der Waals surface area contributed by atoms with E-state index in [9.17, 15) is 31.5 Å². The predicted octanol–water partition coefficient (Wildman–Crippen LogP) is 3.73. The van der Waals surface area contributed by atoms with Gasteiger partial charge in [0.05, 0.1) is 21.3 Å². The fraction of sp³-hybridized carbons (Fsp3) is 0.278. The lowest BCUT2D eigenvalue weighted by Crippen LogP contribution is -2.52. The number of amides is 1. The Morgan fingerprint density at radius 3 is 2.28 bits per heavy atom. The van der Waals surface area contributed by atoms with Gasteiger partial charge in [-0.15, -0.1) is 0 Å². The first kappa shape index (κ1) is 23.0. The van der Waals surface area contributed by atoms with Crippen LogP contribution in [0.5, 0.6) is 0 Å². The summed E-state index contributed by atoms with van der Waals surface area (Å²) in [6.45, 7) is 1.95. The standard InChI is InChI=1S/C18H18ClF3N2O4S/c1-11-6-4-5-7-15(11)29(27,28)24(3)12-8-9-14(13(19)10-12)23-16(25)17(2,26)18(20,21)22/h4-10,26H,1-3H3,(H,23,25). The van der Waals surface area contributed by atoms with E-state index in [1.54, 1.807) is 25.1 Å². The fourth-order valence-electron chi connectivity index (χ4n) is 2.31. The van der Waals surface area contributed by atoms with Gasteiger partial charge in [0.2, 0.25) is 5.60 Å². The molecule has 2 aromatic rings. The number of hydrogen-bond donors (Lipinski definition) is 2. The Labute approximate surface area is 171 Å². The number of aryl methyl sites for hydroxylation is 1. The first-order valence-corrected chi connectivity index (χ1v) is 9.96. The molecule has 1 atom stereocenters. The summed E-state index contributed by atoms with van der Waals surface area (Å²) in [7, 11) is -2.63. The molecule has 1 amide bonds. The third-order valence-corrected chi connectivity index (χ3v) is 6.55. The predicted molar refractivity (Wildman–Crippen MR) is 104 cm³/mol. The molecule has 1 unspecified atom stereocenters. The minimum Gasteiger partial charge on any atom is -0.373 e. The Balaban J connectivity index is 2.32. The van der Waals surface area contributed by atoms with E-state index in [1.807, 2.05) is 5.32 Å². The molecule has 11 heteroatoms. The van der Waals surface area contributed by atoms with Gasteiger partial charge in [0.1, 0.15) is 0 Å². The highest BCUT2D eigenvalue weighted by Crippen LogP contribution is 2.34. The van der Waals surface area contributed by atoms with Crippen LogP contribution in [-0.4, -0.2) is 38.3 Å². The van der Waals surface area contributed by atoms with Crippen molar-refractivity contribution >= 4 is 38.9 Å². The van der Waals surface area contributed by atoms with Crippen molar-refractivity contribution in [3.05, 3.63) is 53.1 Å². The maximum atomic E-state index is 12.8. The van der Waals surface area contributed by atoms with Crippen molar-refractivity contribution < 1.29 is 31.5 Å². The molecule has 158 valence electrons. The van der Waals surface area contributed by atoms with E-state index in [4.69, 9.17) is 11.6 Å². The maximum Gasteiger partial charge on any atom is 0.426 e. The molecule has 0 aliphatic heterocycles. The lowest BCUT2D eigenvalue weighted by Gasteiger charge is -2.25. The second-order valence-corrected chi connectivity index (χ2v) is 8.77. The smallest absolute Gasteiger partial charge is 0.373 e. The van der Waals surface area contributed by atoms with Crippen molar-refractivity contribution in [1.82, 2.24) is 0 Å². The van der Waals surface area contributed by atoms with Crippen molar-refractivity contribution in [3.8, 4) is 0 Å². The Morgan fingerprint density at radius 1 is 1.17 bits per heavy atom. The van der Waals surface area contributed by atoms with Gasteiger partial charge in [-0.2, -0.15) is 13.2 Å². The number of nitrogens with one attached hydrogen (secondary N) is 1. The third kappa shape index (κ3) is 4.49. The fourth-order valence-corrected chi connectivity index (χ4v) is 3.94. The van der Waals surface area contributed by atoms with Crippen LogP contribution in [0.1, 0.15) is 12.5 Å². The van der Waals surface area contributed by atoms with E-state index in [2.05, 4.69) is 0 Å². The molecule has 0 aliphatic carbocycles. The normalized spacial score (nSPS) is 14.2. The van der Waals surface area contributed by atoms with Crippen LogP contribution < -0.4 is 9.62 Å². The number of carbonyl (C=O) groups is 1. The molecule has 2 rings (SSSR count). The summed E-state index contributed by atoms with van der Waals surface area (Å²) >= 11 is 6.01. The second-order valence-electron chi connectivity index (χ2n) is 6.43. The van der Waals surface area contributed by atoms with Crippen LogP contribution in [0.4, 0.5) is 24.5 Å². The number of halogens is 4. The van der Waals surface area contributed by atoms with Crippen LogP contribution in [0, 0.1) is 6.92 Å². The van der Waals surface area contributed by atoms with Crippen LogP contribution in [0.15, 0.2) is 47.4 Å². The van der Waals surface area contributed by atoms with Crippen molar-refractivity contribution in [2.45, 2.75) is 30.5 Å². The summed E-state index contributed by atoms with van der Waals surface area (Å²) in [6, 6.07) is 9.93. The molecule has 0 aromatic heterocycles. The second kappa shape index (κ2) is 7.85. The van der Waals surface area contributed by atoms with Crippen molar-refractivity contribution in [2.24, 2.45) is 0 Å². The first-order chi connectivity index (χ1) is 13.2. The van der Waals surface area contributed by atoms with Gasteiger partial charge in [-0.1, -0.05) is 29.8 Å². The molecule has 2 aromatic carbocycles. The van der Waals surface area contributed by atoms with E-state index in [1.165, 1.54) is 25.2 Å². The van der Waals surface area contributed by atoms with Crippen LogP contribution >= 0.6 is 11.6 Å². The number of benzene rings is 2.